The largest absolute Gasteiger partial charge is 0.309 e. The van der Waals surface area contributed by atoms with Crippen LogP contribution in [-0.4, -0.2) is 17.9 Å². The van der Waals surface area contributed by atoms with Gasteiger partial charge in [-0.15, -0.1) is 0 Å². The third-order valence-electron chi connectivity index (χ3n) is 6.73. The number of hydrogen-bond donors (Lipinski definition) is 0. The van der Waals surface area contributed by atoms with Crippen LogP contribution < -0.4 is 9.80 Å². The van der Waals surface area contributed by atoms with E-state index in [1.807, 2.05) is 59.5 Å². The Morgan fingerprint density at radius 2 is 1.60 bits per heavy atom. The lowest BCUT2D eigenvalue weighted by Gasteiger charge is -2.43. The minimum Gasteiger partial charge on any atom is -0.309 e. The Balaban J connectivity index is 1.71. The van der Waals surface area contributed by atoms with E-state index < -0.39 is 0 Å². The maximum Gasteiger partial charge on any atom is 0.258 e. The first kappa shape index (κ1) is 24.6. The minimum atomic E-state index is -0.377. The number of anilines is 2. The van der Waals surface area contributed by atoms with Gasteiger partial charge < -0.3 is 9.80 Å². The molecule has 0 spiro atoms. The van der Waals surface area contributed by atoms with Gasteiger partial charge in [-0.05, 0) is 67.8 Å². The summed E-state index contributed by atoms with van der Waals surface area (Å²) < 4.78 is 13.6. The van der Waals surface area contributed by atoms with Crippen molar-refractivity contribution in [3.8, 4) is 0 Å². The van der Waals surface area contributed by atoms with Crippen LogP contribution in [0.1, 0.15) is 74.3 Å². The Kier molecular flexibility index (Phi) is 7.96. The molecule has 4 nitrogen and oxygen atoms in total. The molecule has 0 fully saturated rings. The molecule has 1 aliphatic rings. The number of carbonyl (C=O) groups excluding carboxylic acids is 2. The highest BCUT2D eigenvalue weighted by atomic mass is 19.1. The summed E-state index contributed by atoms with van der Waals surface area (Å²) in [5, 5.41) is 0. The van der Waals surface area contributed by atoms with Crippen LogP contribution in [0.5, 0.6) is 0 Å². The zero-order chi connectivity index (χ0) is 24.8. The highest BCUT2D eigenvalue weighted by Crippen LogP contribution is 2.43. The van der Waals surface area contributed by atoms with Crippen molar-refractivity contribution in [2.24, 2.45) is 0 Å². The molecule has 0 aliphatic carbocycles. The van der Waals surface area contributed by atoms with Crippen LogP contribution >= 0.6 is 0 Å². The lowest BCUT2D eigenvalue weighted by Crippen LogP contribution is -2.47. The second kappa shape index (κ2) is 11.3. The van der Waals surface area contributed by atoms with Crippen LogP contribution in [0.2, 0.25) is 0 Å². The van der Waals surface area contributed by atoms with E-state index in [4.69, 9.17) is 0 Å². The number of rotatable bonds is 8. The number of halogens is 1. The summed E-state index contributed by atoms with van der Waals surface area (Å²) in [6, 6.07) is 22.8. The maximum atomic E-state index is 13.8. The van der Waals surface area contributed by atoms with E-state index >= 15 is 0 Å². The van der Waals surface area contributed by atoms with Crippen molar-refractivity contribution < 1.29 is 14.0 Å². The molecule has 3 aromatic carbocycles. The summed E-state index contributed by atoms with van der Waals surface area (Å²) in [7, 11) is 0. The molecule has 35 heavy (non-hydrogen) atoms. The van der Waals surface area contributed by atoms with Gasteiger partial charge in [0.05, 0.1) is 6.04 Å². The van der Waals surface area contributed by atoms with Crippen LogP contribution in [0, 0.1) is 5.82 Å². The molecule has 1 aliphatic heterocycles. The maximum absolute atomic E-state index is 13.8. The molecule has 2 amide bonds. The van der Waals surface area contributed by atoms with Gasteiger partial charge in [0.1, 0.15) is 5.82 Å². The molecule has 0 radical (unpaired) electrons. The number of para-hydroxylation sites is 2. The van der Waals surface area contributed by atoms with Crippen LogP contribution in [0.15, 0.2) is 78.9 Å². The lowest BCUT2D eigenvalue weighted by atomic mass is 9.89. The molecule has 4 rings (SSSR count). The minimum absolute atomic E-state index is 0.0687. The van der Waals surface area contributed by atoms with E-state index in [0.717, 1.165) is 42.6 Å². The monoisotopic (exact) mass is 472 g/mol. The van der Waals surface area contributed by atoms with Crippen molar-refractivity contribution in [2.45, 2.75) is 64.5 Å². The van der Waals surface area contributed by atoms with E-state index in [1.54, 1.807) is 4.90 Å². The standard InChI is InChI=1S/C30H33FN2O2/c1-3-4-5-9-16-29(34)32-22(2)21-28(26-14-10-11-15-27(26)32)33(25-12-7-6-8-13-25)30(35)23-17-19-24(31)20-18-23/h6-8,10-15,17-20,22,28H,3-5,9,16,21H2,1-2H3/t22-,28-/m1/s1. The van der Waals surface area contributed by atoms with Gasteiger partial charge in [-0.2, -0.15) is 0 Å². The molecule has 0 saturated carbocycles. The van der Waals surface area contributed by atoms with Crippen molar-refractivity contribution in [3.05, 3.63) is 95.8 Å². The lowest BCUT2D eigenvalue weighted by molar-refractivity contribution is -0.119. The third-order valence-corrected chi connectivity index (χ3v) is 6.73. The van der Waals surface area contributed by atoms with E-state index in [1.165, 1.54) is 24.3 Å². The molecule has 3 aromatic rings. The van der Waals surface area contributed by atoms with Gasteiger partial charge in [-0.25, -0.2) is 4.39 Å². The van der Waals surface area contributed by atoms with Crippen molar-refractivity contribution in [1.82, 2.24) is 0 Å². The predicted octanol–water partition coefficient (Wildman–Crippen LogP) is 7.31. The molecule has 1 heterocycles. The highest BCUT2D eigenvalue weighted by molar-refractivity contribution is 6.07. The zero-order valence-corrected chi connectivity index (χ0v) is 20.5. The summed E-state index contributed by atoms with van der Waals surface area (Å²) in [5.41, 5.74) is 3.01. The number of benzene rings is 3. The summed E-state index contributed by atoms with van der Waals surface area (Å²) in [6.45, 7) is 4.22. The first-order chi connectivity index (χ1) is 17.0. The first-order valence-corrected chi connectivity index (χ1v) is 12.6. The summed E-state index contributed by atoms with van der Waals surface area (Å²) in [4.78, 5) is 30.8. The molecular weight excluding hydrogens is 439 g/mol. The number of fused-ring (bicyclic) bond motifs is 1. The highest BCUT2D eigenvalue weighted by Gasteiger charge is 2.38. The Hall–Kier alpha value is -3.47. The van der Waals surface area contributed by atoms with Gasteiger partial charge in [0, 0.05) is 29.4 Å². The molecule has 5 heteroatoms. The zero-order valence-electron chi connectivity index (χ0n) is 20.5. The molecule has 0 N–H and O–H groups in total. The Morgan fingerprint density at radius 1 is 0.914 bits per heavy atom. The first-order valence-electron chi connectivity index (χ1n) is 12.6. The topological polar surface area (TPSA) is 40.6 Å². The Morgan fingerprint density at radius 3 is 2.31 bits per heavy atom. The number of carbonyl (C=O) groups is 2. The van der Waals surface area contributed by atoms with Gasteiger partial charge in [0.2, 0.25) is 5.91 Å². The SMILES string of the molecule is CCCCCCC(=O)N1c2ccccc2[C@H](N(C(=O)c2ccc(F)cc2)c2ccccc2)C[C@H]1C. The van der Waals surface area contributed by atoms with Gasteiger partial charge in [0.15, 0.2) is 0 Å². The van der Waals surface area contributed by atoms with Crippen molar-refractivity contribution in [1.29, 1.82) is 0 Å². The summed E-state index contributed by atoms with van der Waals surface area (Å²) in [6.07, 6.45) is 5.36. The van der Waals surface area contributed by atoms with E-state index in [-0.39, 0.29) is 29.7 Å². The molecular formula is C30H33FN2O2. The molecule has 0 bridgehead atoms. The molecule has 0 saturated heterocycles. The fraction of sp³-hybridized carbons (Fsp3) is 0.333. The van der Waals surface area contributed by atoms with Gasteiger partial charge >= 0.3 is 0 Å². The second-order valence-electron chi connectivity index (χ2n) is 9.25. The number of amides is 2. The summed E-state index contributed by atoms with van der Waals surface area (Å²) in [5.74, 6) is -0.435. The van der Waals surface area contributed by atoms with Crippen molar-refractivity contribution in [3.63, 3.8) is 0 Å². The van der Waals surface area contributed by atoms with Gasteiger partial charge in [0.25, 0.3) is 5.91 Å². The van der Waals surface area contributed by atoms with Gasteiger partial charge in [-0.1, -0.05) is 62.6 Å². The van der Waals surface area contributed by atoms with Crippen LogP contribution in [0.3, 0.4) is 0 Å². The fourth-order valence-electron chi connectivity index (χ4n) is 4.99. The normalized spacial score (nSPS) is 17.1. The number of unbranched alkanes of at least 4 members (excludes halogenated alkanes) is 3. The van der Waals surface area contributed by atoms with Crippen LogP contribution in [0.4, 0.5) is 15.8 Å². The van der Waals surface area contributed by atoms with E-state index in [2.05, 4.69) is 13.8 Å². The predicted molar refractivity (Wildman–Crippen MR) is 139 cm³/mol. The Labute approximate surface area is 207 Å². The second-order valence-corrected chi connectivity index (χ2v) is 9.25. The molecule has 182 valence electrons. The van der Waals surface area contributed by atoms with E-state index in [9.17, 15) is 14.0 Å². The summed E-state index contributed by atoms with van der Waals surface area (Å²) >= 11 is 0. The molecule has 0 unspecified atom stereocenters. The number of hydrogen-bond acceptors (Lipinski definition) is 2. The quantitative estimate of drug-likeness (QED) is 0.323. The van der Waals surface area contributed by atoms with Crippen LogP contribution in [0.25, 0.3) is 0 Å². The van der Waals surface area contributed by atoms with Gasteiger partial charge in [-0.3, -0.25) is 9.59 Å². The number of nitrogens with zero attached hydrogens (tertiary/aromatic N) is 2. The van der Waals surface area contributed by atoms with E-state index in [0.29, 0.717) is 18.4 Å². The average Bonchev–Trinajstić information content (AvgIpc) is 2.87. The molecule has 0 aromatic heterocycles. The van der Waals surface area contributed by atoms with Crippen molar-refractivity contribution in [2.75, 3.05) is 9.80 Å². The van der Waals surface area contributed by atoms with Crippen molar-refractivity contribution >= 4 is 23.2 Å². The Bertz CT molecular complexity index is 1150. The average molecular weight is 473 g/mol. The fourth-order valence-corrected chi connectivity index (χ4v) is 4.99. The molecule has 2 atom stereocenters. The van der Waals surface area contributed by atoms with Crippen LogP contribution in [-0.2, 0) is 4.79 Å². The smallest absolute Gasteiger partial charge is 0.258 e. The third kappa shape index (κ3) is 5.45.